The van der Waals surface area contributed by atoms with Crippen molar-refractivity contribution in [3.63, 3.8) is 0 Å². The quantitative estimate of drug-likeness (QED) is 0.504. The number of carbonyl (C=O) groups is 1. The number of urea groups is 1. The summed E-state index contributed by atoms with van der Waals surface area (Å²) in [5.74, 6) is -0.202. The molecule has 0 bridgehead atoms. The molecule has 3 aromatic rings. The van der Waals surface area contributed by atoms with Gasteiger partial charge in [-0.15, -0.1) is 0 Å². The van der Waals surface area contributed by atoms with E-state index in [4.69, 9.17) is 4.74 Å². The molecule has 11 heteroatoms. The molecule has 2 heterocycles. The zero-order valence-electron chi connectivity index (χ0n) is 16.6. The molecule has 0 radical (unpaired) electrons. The number of methoxy groups -OCH3 is 1. The maximum Gasteiger partial charge on any atom is 0.323 e. The van der Waals surface area contributed by atoms with Crippen molar-refractivity contribution in [2.24, 2.45) is 0 Å². The molecule has 1 fully saturated rings. The van der Waals surface area contributed by atoms with Crippen molar-refractivity contribution >= 4 is 34.3 Å². The lowest BCUT2D eigenvalue weighted by Crippen LogP contribution is -2.50. The van der Waals surface area contributed by atoms with Crippen molar-refractivity contribution in [2.45, 2.75) is 0 Å². The average Bonchev–Trinajstić information content (AvgIpc) is 2.78. The number of halogens is 1. The Hall–Kier alpha value is -4.02. The maximum atomic E-state index is 13.5. The van der Waals surface area contributed by atoms with E-state index in [2.05, 4.69) is 15.3 Å². The molecule has 31 heavy (non-hydrogen) atoms. The number of benzene rings is 2. The minimum Gasteiger partial charge on any atom is -0.478 e. The molecule has 0 saturated carbocycles. The molecule has 0 aliphatic carbocycles. The second kappa shape index (κ2) is 8.38. The number of rotatable bonds is 4. The Balaban J connectivity index is 1.42. The minimum absolute atomic E-state index is 0.0343. The fraction of sp³-hybridized carbons (Fsp3) is 0.250. The minimum atomic E-state index is -0.452. The monoisotopic (exact) mass is 426 g/mol. The van der Waals surface area contributed by atoms with Crippen molar-refractivity contribution in [1.29, 1.82) is 0 Å². The smallest absolute Gasteiger partial charge is 0.323 e. The summed E-state index contributed by atoms with van der Waals surface area (Å²) in [6.45, 7) is 2.02. The topological polar surface area (TPSA) is 114 Å². The van der Waals surface area contributed by atoms with Crippen molar-refractivity contribution in [2.75, 3.05) is 43.5 Å². The number of amides is 2. The zero-order chi connectivity index (χ0) is 22.0. The highest BCUT2D eigenvalue weighted by Gasteiger charge is 2.23. The van der Waals surface area contributed by atoms with Crippen LogP contribution in [-0.2, 0) is 0 Å². The molecule has 0 unspecified atom stereocenters. The third kappa shape index (κ3) is 4.29. The van der Waals surface area contributed by atoms with Crippen molar-refractivity contribution < 1.29 is 18.8 Å². The number of aromatic nitrogens is 2. The molecule has 1 aliphatic rings. The van der Waals surface area contributed by atoms with E-state index in [1.807, 2.05) is 4.90 Å². The largest absolute Gasteiger partial charge is 0.478 e. The van der Waals surface area contributed by atoms with Gasteiger partial charge in [-0.1, -0.05) is 0 Å². The van der Waals surface area contributed by atoms with Crippen molar-refractivity contribution in [3.05, 3.63) is 58.4 Å². The lowest BCUT2D eigenvalue weighted by atomic mass is 10.2. The predicted octanol–water partition coefficient (Wildman–Crippen LogP) is 3.04. The first-order valence-electron chi connectivity index (χ1n) is 9.51. The number of fused-ring (bicyclic) bond motifs is 1. The number of hydrogen-bond acceptors (Lipinski definition) is 7. The molecule has 160 valence electrons. The Morgan fingerprint density at radius 1 is 1.10 bits per heavy atom. The molecule has 4 rings (SSSR count). The van der Waals surface area contributed by atoms with E-state index in [0.717, 1.165) is 5.69 Å². The molecule has 2 aromatic carbocycles. The lowest BCUT2D eigenvalue weighted by molar-refractivity contribution is -0.384. The number of ether oxygens (including phenoxy) is 1. The standard InChI is InChI=1S/C20H19FN6O4/c1-31-19-18(22-17-12-13(21)2-7-16(17)23-19)24-20(28)26-10-8-25(9-11-26)14-3-5-15(6-4-14)27(29)30/h2-7,12H,8-11H2,1H3,(H,22,24,28). The van der Waals surface area contributed by atoms with E-state index in [0.29, 0.717) is 37.2 Å². The van der Waals surface area contributed by atoms with E-state index in [9.17, 15) is 19.3 Å². The molecule has 1 aromatic heterocycles. The number of anilines is 2. The second-order valence-electron chi connectivity index (χ2n) is 6.89. The van der Waals surface area contributed by atoms with Gasteiger partial charge in [0.1, 0.15) is 5.82 Å². The van der Waals surface area contributed by atoms with Crippen LogP contribution >= 0.6 is 0 Å². The van der Waals surface area contributed by atoms with Gasteiger partial charge in [-0.3, -0.25) is 15.4 Å². The van der Waals surface area contributed by atoms with Gasteiger partial charge < -0.3 is 14.5 Å². The Bertz CT molecular complexity index is 1130. The Kier molecular flexibility index (Phi) is 5.48. The summed E-state index contributed by atoms with van der Waals surface area (Å²) >= 11 is 0. The third-order valence-corrected chi connectivity index (χ3v) is 5.01. The van der Waals surface area contributed by atoms with E-state index in [1.165, 1.54) is 37.4 Å². The summed E-state index contributed by atoms with van der Waals surface area (Å²) in [6, 6.07) is 9.95. The van der Waals surface area contributed by atoms with Crippen LogP contribution in [0.2, 0.25) is 0 Å². The SMILES string of the molecule is COc1nc2ccc(F)cc2nc1NC(=O)N1CCN(c2ccc([N+](=O)[O-])cc2)CC1. The fourth-order valence-electron chi connectivity index (χ4n) is 3.37. The van der Waals surface area contributed by atoms with Crippen LogP contribution in [0.1, 0.15) is 0 Å². The summed E-state index contributed by atoms with van der Waals surface area (Å²) in [4.78, 5) is 35.3. The number of nitrogens with zero attached hydrogens (tertiary/aromatic N) is 5. The van der Waals surface area contributed by atoms with Gasteiger partial charge in [-0.25, -0.2) is 19.2 Å². The third-order valence-electron chi connectivity index (χ3n) is 5.01. The molecule has 10 nitrogen and oxygen atoms in total. The van der Waals surface area contributed by atoms with Crippen LogP contribution in [0, 0.1) is 15.9 Å². The number of nitro benzene ring substituents is 1. The van der Waals surface area contributed by atoms with Crippen LogP contribution in [-0.4, -0.2) is 59.1 Å². The van der Waals surface area contributed by atoms with Gasteiger partial charge in [0.15, 0.2) is 5.82 Å². The maximum absolute atomic E-state index is 13.5. The number of carbonyl (C=O) groups excluding carboxylic acids is 1. The molecular formula is C20H19FN6O4. The van der Waals surface area contributed by atoms with Crippen LogP contribution in [0.25, 0.3) is 11.0 Å². The number of hydrogen-bond donors (Lipinski definition) is 1. The number of nitro groups is 1. The van der Waals surface area contributed by atoms with Gasteiger partial charge in [0.2, 0.25) is 0 Å². The molecular weight excluding hydrogens is 407 g/mol. The van der Waals surface area contributed by atoms with Crippen molar-refractivity contribution in [3.8, 4) is 5.88 Å². The number of non-ortho nitro benzene ring substituents is 1. The van der Waals surface area contributed by atoms with Gasteiger partial charge in [0.25, 0.3) is 11.6 Å². The van der Waals surface area contributed by atoms with Gasteiger partial charge >= 0.3 is 6.03 Å². The first-order valence-corrected chi connectivity index (χ1v) is 9.51. The van der Waals surface area contributed by atoms with Gasteiger partial charge in [-0.05, 0) is 24.3 Å². The predicted molar refractivity (Wildman–Crippen MR) is 112 cm³/mol. The van der Waals surface area contributed by atoms with E-state index < -0.39 is 10.7 Å². The zero-order valence-corrected chi connectivity index (χ0v) is 16.6. The molecule has 0 atom stereocenters. The van der Waals surface area contributed by atoms with E-state index in [-0.39, 0.29) is 23.4 Å². The van der Waals surface area contributed by atoms with E-state index in [1.54, 1.807) is 17.0 Å². The Labute approximate surface area is 176 Å². The van der Waals surface area contributed by atoms with Gasteiger partial charge in [-0.2, -0.15) is 0 Å². The van der Waals surface area contributed by atoms with Crippen LogP contribution in [0.4, 0.5) is 26.4 Å². The molecule has 1 aliphatic heterocycles. The summed E-state index contributed by atoms with van der Waals surface area (Å²) in [5.41, 5.74) is 1.65. The van der Waals surface area contributed by atoms with Gasteiger partial charge in [0, 0.05) is 50.1 Å². The first-order chi connectivity index (χ1) is 14.9. The van der Waals surface area contributed by atoms with Gasteiger partial charge in [0.05, 0.1) is 23.1 Å². The Morgan fingerprint density at radius 2 is 1.81 bits per heavy atom. The number of piperazine rings is 1. The molecule has 1 N–H and O–H groups in total. The second-order valence-corrected chi connectivity index (χ2v) is 6.89. The highest BCUT2D eigenvalue weighted by Crippen LogP contribution is 2.25. The lowest BCUT2D eigenvalue weighted by Gasteiger charge is -2.36. The fourth-order valence-corrected chi connectivity index (χ4v) is 3.37. The van der Waals surface area contributed by atoms with Crippen LogP contribution in [0.15, 0.2) is 42.5 Å². The van der Waals surface area contributed by atoms with Crippen LogP contribution < -0.4 is 15.0 Å². The number of nitrogens with one attached hydrogen (secondary N) is 1. The summed E-state index contributed by atoms with van der Waals surface area (Å²) in [7, 11) is 1.41. The Morgan fingerprint density at radius 3 is 2.45 bits per heavy atom. The highest BCUT2D eigenvalue weighted by atomic mass is 19.1. The summed E-state index contributed by atoms with van der Waals surface area (Å²) in [5, 5.41) is 13.5. The van der Waals surface area contributed by atoms with E-state index >= 15 is 0 Å². The molecule has 2 amide bonds. The normalized spacial score (nSPS) is 13.9. The van der Waals surface area contributed by atoms with Crippen LogP contribution in [0.5, 0.6) is 5.88 Å². The molecule has 1 saturated heterocycles. The first kappa shape index (κ1) is 20.3. The average molecular weight is 426 g/mol. The van der Waals surface area contributed by atoms with Crippen LogP contribution in [0.3, 0.4) is 0 Å². The van der Waals surface area contributed by atoms with Crippen molar-refractivity contribution in [1.82, 2.24) is 14.9 Å². The molecule has 0 spiro atoms. The summed E-state index contributed by atoms with van der Waals surface area (Å²) in [6.07, 6.45) is 0. The summed E-state index contributed by atoms with van der Waals surface area (Å²) < 4.78 is 18.7. The highest BCUT2D eigenvalue weighted by molar-refractivity contribution is 5.91.